The number of halogens is 1. The van der Waals surface area contributed by atoms with Crippen LogP contribution >= 0.6 is 11.6 Å². The van der Waals surface area contributed by atoms with Crippen molar-refractivity contribution in [1.82, 2.24) is 9.71 Å². The maximum atomic E-state index is 13.4. The van der Waals surface area contributed by atoms with Gasteiger partial charge in [0.1, 0.15) is 16.7 Å². The molecule has 0 unspecified atom stereocenters. The van der Waals surface area contributed by atoms with Crippen LogP contribution in [0.4, 0.5) is 5.69 Å². The third-order valence-electron chi connectivity index (χ3n) is 5.20. The fraction of sp³-hybridized carbons (Fsp3) is 0.120. The third-order valence-corrected chi connectivity index (χ3v) is 6.94. The molecule has 2 N–H and O–H groups in total. The molecular formula is C25H22ClN3O4S. The van der Waals surface area contributed by atoms with Crippen LogP contribution in [0.15, 0.2) is 90.0 Å². The van der Waals surface area contributed by atoms with E-state index in [1.807, 2.05) is 30.3 Å². The fourth-order valence-corrected chi connectivity index (χ4v) is 5.13. The molecule has 1 atom stereocenters. The van der Waals surface area contributed by atoms with Crippen LogP contribution in [0.2, 0.25) is 5.02 Å². The highest BCUT2D eigenvalue weighted by Crippen LogP contribution is 2.28. The van der Waals surface area contributed by atoms with E-state index in [1.54, 1.807) is 42.5 Å². The Hall–Kier alpha value is -3.46. The van der Waals surface area contributed by atoms with E-state index in [0.717, 1.165) is 5.56 Å². The molecule has 0 radical (unpaired) electrons. The average Bonchev–Trinajstić information content (AvgIpc) is 2.84. The molecule has 3 aromatic carbocycles. The molecular weight excluding hydrogens is 474 g/mol. The first-order chi connectivity index (χ1) is 16.4. The van der Waals surface area contributed by atoms with Gasteiger partial charge in [0.05, 0.1) is 18.3 Å². The van der Waals surface area contributed by atoms with Gasteiger partial charge in [-0.1, -0.05) is 60.1 Å². The number of pyridine rings is 1. The lowest BCUT2D eigenvalue weighted by molar-refractivity contribution is -0.117. The maximum Gasteiger partial charge on any atom is 0.243 e. The van der Waals surface area contributed by atoms with E-state index < -0.39 is 22.0 Å². The lowest BCUT2D eigenvalue weighted by atomic mass is 10.1. The summed E-state index contributed by atoms with van der Waals surface area (Å²) in [5.41, 5.74) is 1.46. The Balaban J connectivity index is 1.68. The van der Waals surface area contributed by atoms with Crippen molar-refractivity contribution in [1.29, 1.82) is 0 Å². The number of sulfonamides is 1. The topological polar surface area (TPSA) is 97.4 Å². The molecule has 7 nitrogen and oxygen atoms in total. The standard InChI is InChI=1S/C25H22ClN3O4S/c1-33-22-13-12-19(26)16-20(22)28-25(30)21(15-17-7-3-2-4-8-17)29-34(31,32)23-11-5-9-18-10-6-14-27-24(18)23/h2-14,16,21,29H,15H2,1H3,(H,28,30)/t21-/m1/s1. The summed E-state index contributed by atoms with van der Waals surface area (Å²) >= 11 is 6.08. The number of fused-ring (bicyclic) bond motifs is 1. The van der Waals surface area contributed by atoms with Gasteiger partial charge in [-0.2, -0.15) is 4.72 Å². The predicted molar refractivity (Wildman–Crippen MR) is 133 cm³/mol. The number of carbonyl (C=O) groups is 1. The number of benzene rings is 3. The Morgan fingerprint density at radius 3 is 2.56 bits per heavy atom. The van der Waals surface area contributed by atoms with Crippen molar-refractivity contribution in [3.63, 3.8) is 0 Å². The lowest BCUT2D eigenvalue weighted by Crippen LogP contribution is -2.45. The van der Waals surface area contributed by atoms with E-state index in [1.165, 1.54) is 19.4 Å². The molecule has 0 saturated heterocycles. The van der Waals surface area contributed by atoms with Crippen molar-refractivity contribution in [2.24, 2.45) is 0 Å². The summed E-state index contributed by atoms with van der Waals surface area (Å²) in [6, 6.07) is 21.2. The predicted octanol–water partition coefficient (Wildman–Crippen LogP) is 4.43. The SMILES string of the molecule is COc1ccc(Cl)cc1NC(=O)[C@@H](Cc1ccccc1)NS(=O)(=O)c1cccc2cccnc12. The first-order valence-electron chi connectivity index (χ1n) is 10.4. The zero-order valence-electron chi connectivity index (χ0n) is 18.2. The number of hydrogen-bond donors (Lipinski definition) is 2. The zero-order chi connectivity index (χ0) is 24.1. The smallest absolute Gasteiger partial charge is 0.243 e. The second-order valence-electron chi connectivity index (χ2n) is 7.53. The highest BCUT2D eigenvalue weighted by molar-refractivity contribution is 7.89. The van der Waals surface area contributed by atoms with Crippen molar-refractivity contribution in [3.05, 3.63) is 95.6 Å². The molecule has 9 heteroatoms. The molecule has 0 fully saturated rings. The van der Waals surface area contributed by atoms with Gasteiger partial charge in [0, 0.05) is 16.6 Å². The number of methoxy groups -OCH3 is 1. The van der Waals surface area contributed by atoms with Gasteiger partial charge < -0.3 is 10.1 Å². The van der Waals surface area contributed by atoms with Crippen LogP contribution in [0.5, 0.6) is 5.75 Å². The third kappa shape index (κ3) is 5.36. The second-order valence-corrected chi connectivity index (χ2v) is 9.65. The number of amides is 1. The normalized spacial score (nSPS) is 12.3. The van der Waals surface area contributed by atoms with Crippen molar-refractivity contribution in [3.8, 4) is 5.75 Å². The van der Waals surface area contributed by atoms with E-state index >= 15 is 0 Å². The van der Waals surface area contributed by atoms with Crippen molar-refractivity contribution >= 4 is 44.1 Å². The fourth-order valence-electron chi connectivity index (χ4n) is 3.58. The first kappa shape index (κ1) is 23.7. The van der Waals surface area contributed by atoms with Gasteiger partial charge in [-0.15, -0.1) is 0 Å². The van der Waals surface area contributed by atoms with E-state index in [2.05, 4.69) is 15.0 Å². The molecule has 34 heavy (non-hydrogen) atoms. The number of ether oxygens (including phenoxy) is 1. The molecule has 0 aliphatic rings. The Kier molecular flexibility index (Phi) is 7.12. The van der Waals surface area contributed by atoms with Crippen LogP contribution in [0.25, 0.3) is 10.9 Å². The molecule has 4 aromatic rings. The van der Waals surface area contributed by atoms with Gasteiger partial charge in [0.25, 0.3) is 0 Å². The summed E-state index contributed by atoms with van der Waals surface area (Å²) in [6.07, 6.45) is 1.66. The Morgan fingerprint density at radius 1 is 1.03 bits per heavy atom. The van der Waals surface area contributed by atoms with Gasteiger partial charge >= 0.3 is 0 Å². The summed E-state index contributed by atoms with van der Waals surface area (Å²) in [5, 5.41) is 3.82. The molecule has 0 aliphatic carbocycles. The number of nitrogens with one attached hydrogen (secondary N) is 2. The Labute approximate surface area is 202 Å². The molecule has 1 amide bonds. The lowest BCUT2D eigenvalue weighted by Gasteiger charge is -2.20. The second kappa shape index (κ2) is 10.2. The van der Waals surface area contributed by atoms with E-state index in [9.17, 15) is 13.2 Å². The van der Waals surface area contributed by atoms with Crippen molar-refractivity contribution in [2.75, 3.05) is 12.4 Å². The number of nitrogens with zero attached hydrogens (tertiary/aromatic N) is 1. The first-order valence-corrected chi connectivity index (χ1v) is 12.3. The van der Waals surface area contributed by atoms with Crippen LogP contribution in [0.3, 0.4) is 0 Å². The summed E-state index contributed by atoms with van der Waals surface area (Å²) in [5.74, 6) is -0.154. The summed E-state index contributed by atoms with van der Waals surface area (Å²) < 4.78 is 34.7. The molecule has 1 aromatic heterocycles. The number of anilines is 1. The van der Waals surface area contributed by atoms with Crippen LogP contribution < -0.4 is 14.8 Å². The van der Waals surface area contributed by atoms with Gasteiger partial charge in [0.2, 0.25) is 15.9 Å². The zero-order valence-corrected chi connectivity index (χ0v) is 19.8. The molecule has 0 bridgehead atoms. The van der Waals surface area contributed by atoms with Crippen LogP contribution in [-0.2, 0) is 21.2 Å². The number of carbonyl (C=O) groups excluding carboxylic acids is 1. The monoisotopic (exact) mass is 495 g/mol. The largest absolute Gasteiger partial charge is 0.495 e. The number of rotatable bonds is 8. The van der Waals surface area contributed by atoms with Gasteiger partial charge in [0.15, 0.2) is 0 Å². The van der Waals surface area contributed by atoms with Gasteiger partial charge in [-0.3, -0.25) is 9.78 Å². The van der Waals surface area contributed by atoms with Crippen LogP contribution in [0, 0.1) is 0 Å². The summed E-state index contributed by atoms with van der Waals surface area (Å²) in [7, 11) is -2.63. The molecule has 0 saturated carbocycles. The minimum Gasteiger partial charge on any atom is -0.495 e. The molecule has 0 aliphatic heterocycles. The highest BCUT2D eigenvalue weighted by Gasteiger charge is 2.28. The average molecular weight is 496 g/mol. The quantitative estimate of drug-likeness (QED) is 0.377. The van der Waals surface area contributed by atoms with E-state index in [-0.39, 0.29) is 11.3 Å². The minimum atomic E-state index is -4.10. The Morgan fingerprint density at radius 2 is 1.79 bits per heavy atom. The molecule has 1 heterocycles. The molecule has 4 rings (SSSR count). The summed E-state index contributed by atoms with van der Waals surface area (Å²) in [6.45, 7) is 0. The van der Waals surface area contributed by atoms with Crippen molar-refractivity contribution in [2.45, 2.75) is 17.4 Å². The van der Waals surface area contributed by atoms with Gasteiger partial charge in [-0.05, 0) is 42.3 Å². The minimum absolute atomic E-state index is 0.00297. The number of aromatic nitrogens is 1. The molecule has 0 spiro atoms. The highest BCUT2D eigenvalue weighted by atomic mass is 35.5. The van der Waals surface area contributed by atoms with Gasteiger partial charge in [-0.25, -0.2) is 8.42 Å². The number of para-hydroxylation sites is 1. The van der Waals surface area contributed by atoms with Crippen molar-refractivity contribution < 1.29 is 17.9 Å². The maximum absolute atomic E-state index is 13.4. The number of hydrogen-bond acceptors (Lipinski definition) is 5. The summed E-state index contributed by atoms with van der Waals surface area (Å²) in [4.78, 5) is 17.5. The van der Waals surface area contributed by atoms with E-state index in [0.29, 0.717) is 27.4 Å². The van der Waals surface area contributed by atoms with Crippen LogP contribution in [0.1, 0.15) is 5.56 Å². The van der Waals surface area contributed by atoms with Crippen LogP contribution in [-0.4, -0.2) is 32.5 Å². The van der Waals surface area contributed by atoms with E-state index in [4.69, 9.17) is 16.3 Å². The Bertz CT molecular complexity index is 1420. The molecule has 174 valence electrons.